The van der Waals surface area contributed by atoms with E-state index in [1.165, 1.54) is 11.1 Å². The predicted octanol–water partition coefficient (Wildman–Crippen LogP) is 4.90. The number of hydrogen-bond donors (Lipinski definition) is 2. The molecule has 3 rings (SSSR count). The molecule has 0 aliphatic carbocycles. The zero-order valence-corrected chi connectivity index (χ0v) is 16.8. The molecule has 1 unspecified atom stereocenters. The van der Waals surface area contributed by atoms with Gasteiger partial charge in [0.2, 0.25) is 0 Å². The SMILES string of the molecule is COc1ccc2c(c1)OC(C)(C)CC2NC(=S)Nc1cc(C)cc(C)c1. The topological polar surface area (TPSA) is 42.5 Å². The van der Waals surface area contributed by atoms with Gasteiger partial charge in [-0.3, -0.25) is 0 Å². The number of benzene rings is 2. The Kier molecular flexibility index (Phi) is 5.10. The lowest BCUT2D eigenvalue weighted by molar-refractivity contribution is 0.0693. The maximum Gasteiger partial charge on any atom is 0.171 e. The summed E-state index contributed by atoms with van der Waals surface area (Å²) >= 11 is 5.57. The van der Waals surface area contributed by atoms with Crippen molar-refractivity contribution in [1.82, 2.24) is 5.32 Å². The van der Waals surface area contributed by atoms with Crippen LogP contribution in [0.2, 0.25) is 0 Å². The summed E-state index contributed by atoms with van der Waals surface area (Å²) in [6.45, 7) is 8.34. The van der Waals surface area contributed by atoms with Crippen molar-refractivity contribution in [3.63, 3.8) is 0 Å². The molecular weight excluding hydrogens is 344 g/mol. The second-order valence-electron chi connectivity index (χ2n) is 7.50. The molecule has 0 saturated heterocycles. The fourth-order valence-corrected chi connectivity index (χ4v) is 3.72. The van der Waals surface area contributed by atoms with Gasteiger partial charge in [-0.15, -0.1) is 0 Å². The van der Waals surface area contributed by atoms with Crippen LogP contribution in [0.4, 0.5) is 5.69 Å². The van der Waals surface area contributed by atoms with E-state index < -0.39 is 0 Å². The Morgan fingerprint density at radius 1 is 1.15 bits per heavy atom. The van der Waals surface area contributed by atoms with Crippen LogP contribution in [-0.4, -0.2) is 17.8 Å². The van der Waals surface area contributed by atoms with E-state index in [1.807, 2.05) is 18.2 Å². The third-order valence-electron chi connectivity index (χ3n) is 4.46. The highest BCUT2D eigenvalue weighted by atomic mass is 32.1. The summed E-state index contributed by atoms with van der Waals surface area (Å²) in [7, 11) is 1.66. The van der Waals surface area contributed by atoms with Crippen molar-refractivity contribution in [1.29, 1.82) is 0 Å². The highest BCUT2D eigenvalue weighted by Crippen LogP contribution is 2.41. The number of methoxy groups -OCH3 is 1. The first-order valence-corrected chi connectivity index (χ1v) is 9.19. The first-order valence-electron chi connectivity index (χ1n) is 8.78. The number of rotatable bonds is 3. The molecule has 1 heterocycles. The molecule has 1 aliphatic heterocycles. The Balaban J connectivity index is 1.79. The maximum atomic E-state index is 6.14. The zero-order valence-electron chi connectivity index (χ0n) is 16.0. The minimum Gasteiger partial charge on any atom is -0.497 e. The van der Waals surface area contributed by atoms with Gasteiger partial charge < -0.3 is 20.1 Å². The van der Waals surface area contributed by atoms with Crippen LogP contribution >= 0.6 is 12.2 Å². The van der Waals surface area contributed by atoms with Crippen molar-refractivity contribution in [2.75, 3.05) is 12.4 Å². The van der Waals surface area contributed by atoms with Gasteiger partial charge in [0, 0.05) is 23.7 Å². The minimum atomic E-state index is -0.285. The van der Waals surface area contributed by atoms with Gasteiger partial charge in [0.15, 0.2) is 5.11 Å². The van der Waals surface area contributed by atoms with Crippen molar-refractivity contribution in [2.45, 2.75) is 45.8 Å². The first-order chi connectivity index (χ1) is 12.3. The number of fused-ring (bicyclic) bond motifs is 1. The molecule has 0 amide bonds. The lowest BCUT2D eigenvalue weighted by Gasteiger charge is -2.38. The summed E-state index contributed by atoms with van der Waals surface area (Å²) in [4.78, 5) is 0. The summed E-state index contributed by atoms with van der Waals surface area (Å²) in [5.41, 5.74) is 4.22. The van der Waals surface area contributed by atoms with E-state index in [9.17, 15) is 0 Å². The standard InChI is InChI=1S/C21H26N2O2S/c1-13-8-14(2)10-15(9-13)22-20(26)23-18-12-21(3,4)25-19-11-16(24-5)6-7-17(18)19/h6-11,18H,12H2,1-5H3,(H2,22,23,26). The third kappa shape index (κ3) is 4.28. The maximum absolute atomic E-state index is 6.14. The Hall–Kier alpha value is -2.27. The van der Waals surface area contributed by atoms with Gasteiger partial charge in [-0.05, 0) is 75.3 Å². The van der Waals surface area contributed by atoms with E-state index in [2.05, 4.69) is 56.5 Å². The molecule has 0 spiro atoms. The molecule has 0 saturated carbocycles. The average molecular weight is 371 g/mol. The molecule has 138 valence electrons. The first kappa shape index (κ1) is 18.5. The van der Waals surface area contributed by atoms with Crippen LogP contribution in [-0.2, 0) is 0 Å². The fraction of sp³-hybridized carbons (Fsp3) is 0.381. The molecule has 2 aromatic rings. The molecule has 0 fully saturated rings. The highest BCUT2D eigenvalue weighted by molar-refractivity contribution is 7.80. The lowest BCUT2D eigenvalue weighted by Crippen LogP contribution is -2.42. The molecule has 0 radical (unpaired) electrons. The van der Waals surface area contributed by atoms with Crippen LogP contribution in [0.3, 0.4) is 0 Å². The second-order valence-corrected chi connectivity index (χ2v) is 7.91. The van der Waals surface area contributed by atoms with Crippen molar-refractivity contribution >= 4 is 23.0 Å². The number of aryl methyl sites for hydroxylation is 2. The number of hydrogen-bond acceptors (Lipinski definition) is 3. The second kappa shape index (κ2) is 7.16. The van der Waals surface area contributed by atoms with Crippen molar-refractivity contribution < 1.29 is 9.47 Å². The van der Waals surface area contributed by atoms with Gasteiger partial charge >= 0.3 is 0 Å². The van der Waals surface area contributed by atoms with Crippen molar-refractivity contribution in [2.24, 2.45) is 0 Å². The van der Waals surface area contributed by atoms with Gasteiger partial charge in [0.1, 0.15) is 17.1 Å². The number of thiocarbonyl (C=S) groups is 1. The predicted molar refractivity (Wildman–Crippen MR) is 110 cm³/mol. The van der Waals surface area contributed by atoms with Crippen molar-refractivity contribution in [3.05, 3.63) is 53.1 Å². The molecule has 0 bridgehead atoms. The van der Waals surface area contributed by atoms with Crippen LogP contribution in [0.15, 0.2) is 36.4 Å². The van der Waals surface area contributed by atoms with E-state index >= 15 is 0 Å². The largest absolute Gasteiger partial charge is 0.497 e. The zero-order chi connectivity index (χ0) is 18.9. The van der Waals surface area contributed by atoms with Gasteiger partial charge in [0.25, 0.3) is 0 Å². The quantitative estimate of drug-likeness (QED) is 0.752. The molecule has 2 aromatic carbocycles. The molecule has 26 heavy (non-hydrogen) atoms. The molecule has 1 aliphatic rings. The Morgan fingerprint density at radius 2 is 1.85 bits per heavy atom. The van der Waals surface area contributed by atoms with E-state index in [0.717, 1.165) is 29.2 Å². The van der Waals surface area contributed by atoms with E-state index in [1.54, 1.807) is 7.11 Å². The smallest absolute Gasteiger partial charge is 0.171 e. The summed E-state index contributed by atoms with van der Waals surface area (Å²) in [5, 5.41) is 7.37. The molecule has 5 heteroatoms. The highest BCUT2D eigenvalue weighted by Gasteiger charge is 2.34. The van der Waals surface area contributed by atoms with Crippen LogP contribution in [0.1, 0.15) is 43.0 Å². The Labute approximate surface area is 160 Å². The average Bonchev–Trinajstić information content (AvgIpc) is 2.51. The van der Waals surface area contributed by atoms with Gasteiger partial charge in [-0.25, -0.2) is 0 Å². The van der Waals surface area contributed by atoms with Crippen LogP contribution in [0, 0.1) is 13.8 Å². The van der Waals surface area contributed by atoms with Crippen molar-refractivity contribution in [3.8, 4) is 11.5 Å². The van der Waals surface area contributed by atoms with Gasteiger partial charge in [-0.1, -0.05) is 6.07 Å². The molecule has 1 atom stereocenters. The molecule has 2 N–H and O–H groups in total. The minimum absolute atomic E-state index is 0.0746. The Morgan fingerprint density at radius 3 is 2.50 bits per heavy atom. The number of nitrogens with one attached hydrogen (secondary N) is 2. The summed E-state index contributed by atoms with van der Waals surface area (Å²) in [6, 6.07) is 12.3. The monoisotopic (exact) mass is 370 g/mol. The van der Waals surface area contributed by atoms with E-state index in [4.69, 9.17) is 21.7 Å². The van der Waals surface area contributed by atoms with E-state index in [0.29, 0.717) is 5.11 Å². The van der Waals surface area contributed by atoms with Crippen LogP contribution < -0.4 is 20.1 Å². The summed E-state index contributed by atoms with van der Waals surface area (Å²) in [6.07, 6.45) is 0.820. The third-order valence-corrected chi connectivity index (χ3v) is 4.68. The number of anilines is 1. The normalized spacial score (nSPS) is 17.7. The fourth-order valence-electron chi connectivity index (χ4n) is 3.46. The lowest BCUT2D eigenvalue weighted by atomic mass is 9.89. The van der Waals surface area contributed by atoms with Gasteiger partial charge in [0.05, 0.1) is 13.2 Å². The summed E-state index contributed by atoms with van der Waals surface area (Å²) < 4.78 is 11.5. The Bertz CT molecular complexity index is 813. The van der Waals surface area contributed by atoms with Gasteiger partial charge in [-0.2, -0.15) is 0 Å². The van der Waals surface area contributed by atoms with Crippen LogP contribution in [0.5, 0.6) is 11.5 Å². The molecule has 0 aromatic heterocycles. The van der Waals surface area contributed by atoms with E-state index in [-0.39, 0.29) is 11.6 Å². The number of ether oxygens (including phenoxy) is 2. The summed E-state index contributed by atoms with van der Waals surface area (Å²) in [5.74, 6) is 1.63. The molecule has 4 nitrogen and oxygen atoms in total. The molecular formula is C21H26N2O2S. The van der Waals surface area contributed by atoms with Crippen LogP contribution in [0.25, 0.3) is 0 Å².